The average molecular weight is 271 g/mol. The van der Waals surface area contributed by atoms with Gasteiger partial charge in [-0.1, -0.05) is 0 Å². The van der Waals surface area contributed by atoms with Crippen LogP contribution in [0.2, 0.25) is 0 Å². The van der Waals surface area contributed by atoms with Gasteiger partial charge >= 0.3 is 6.03 Å². The summed E-state index contributed by atoms with van der Waals surface area (Å²) in [6.45, 7) is 6.58. The molecule has 2 saturated heterocycles. The second-order valence-electron chi connectivity index (χ2n) is 5.90. The molecule has 2 aliphatic rings. The van der Waals surface area contributed by atoms with Crippen LogP contribution in [-0.2, 0) is 0 Å². The van der Waals surface area contributed by atoms with E-state index in [9.17, 15) is 4.79 Å². The van der Waals surface area contributed by atoms with Gasteiger partial charge in [-0.15, -0.1) is 11.8 Å². The number of carbonyl (C=O) groups excluding carboxylic acids is 1. The zero-order chi connectivity index (χ0) is 13.3. The summed E-state index contributed by atoms with van der Waals surface area (Å²) in [6, 6.07) is 0.167. The number of amides is 2. The Kier molecular flexibility index (Phi) is 4.11. The van der Waals surface area contributed by atoms with Crippen molar-refractivity contribution in [3.63, 3.8) is 0 Å². The first kappa shape index (κ1) is 14.0. The monoisotopic (exact) mass is 271 g/mol. The maximum Gasteiger partial charge on any atom is 0.319 e. The van der Waals surface area contributed by atoms with Gasteiger partial charge in [0.05, 0.1) is 5.37 Å². The quantitative estimate of drug-likeness (QED) is 0.766. The van der Waals surface area contributed by atoms with Crippen molar-refractivity contribution in [3.8, 4) is 0 Å². The largest absolute Gasteiger partial charge is 0.331 e. The van der Waals surface area contributed by atoms with Crippen molar-refractivity contribution < 1.29 is 4.79 Å². The highest BCUT2D eigenvalue weighted by molar-refractivity contribution is 7.99. The molecule has 0 bridgehead atoms. The molecule has 0 aromatic heterocycles. The maximum atomic E-state index is 11.8. The van der Waals surface area contributed by atoms with Crippen LogP contribution >= 0.6 is 11.8 Å². The molecule has 0 N–H and O–H groups in total. The summed E-state index contributed by atoms with van der Waals surface area (Å²) in [4.78, 5) is 18.0. The van der Waals surface area contributed by atoms with Crippen molar-refractivity contribution in [2.75, 3.05) is 46.5 Å². The van der Waals surface area contributed by atoms with Crippen molar-refractivity contribution in [1.82, 2.24) is 14.7 Å². The molecule has 18 heavy (non-hydrogen) atoms. The number of nitrogens with zero attached hydrogens (tertiary/aromatic N) is 3. The molecular formula is C13H25N3OS. The first-order valence-electron chi connectivity index (χ1n) is 6.70. The zero-order valence-corrected chi connectivity index (χ0v) is 12.8. The van der Waals surface area contributed by atoms with Crippen molar-refractivity contribution in [3.05, 3.63) is 0 Å². The van der Waals surface area contributed by atoms with Gasteiger partial charge < -0.3 is 9.80 Å². The summed E-state index contributed by atoms with van der Waals surface area (Å²) in [7, 11) is 3.66. The van der Waals surface area contributed by atoms with Gasteiger partial charge in [-0.3, -0.25) is 4.90 Å². The number of hydrogen-bond acceptors (Lipinski definition) is 3. The van der Waals surface area contributed by atoms with Crippen LogP contribution in [0.5, 0.6) is 0 Å². The molecule has 2 fully saturated rings. The fourth-order valence-corrected chi connectivity index (χ4v) is 3.52. The van der Waals surface area contributed by atoms with Crippen LogP contribution in [0.25, 0.3) is 0 Å². The average Bonchev–Trinajstić information content (AvgIpc) is 2.34. The third-order valence-electron chi connectivity index (χ3n) is 4.42. The van der Waals surface area contributed by atoms with E-state index in [1.807, 2.05) is 30.8 Å². The van der Waals surface area contributed by atoms with E-state index in [4.69, 9.17) is 0 Å². The van der Waals surface area contributed by atoms with E-state index < -0.39 is 0 Å². The minimum atomic E-state index is 0.167. The van der Waals surface area contributed by atoms with Gasteiger partial charge in [0.2, 0.25) is 0 Å². The van der Waals surface area contributed by atoms with Gasteiger partial charge in [0.25, 0.3) is 0 Å². The van der Waals surface area contributed by atoms with Crippen LogP contribution < -0.4 is 0 Å². The standard InChI is InChI=1S/C13H25N3OS/c1-11(18-4)15-7-5-13(6-8-15)9-16(10-13)12(17)14(2)3/h11H,5-10H2,1-4H3. The molecular weight excluding hydrogens is 246 g/mol. The summed E-state index contributed by atoms with van der Waals surface area (Å²) in [5.41, 5.74) is 0.431. The fraction of sp³-hybridized carbons (Fsp3) is 0.923. The second-order valence-corrected chi connectivity index (χ2v) is 7.06. The van der Waals surface area contributed by atoms with E-state index in [-0.39, 0.29) is 6.03 Å². The van der Waals surface area contributed by atoms with E-state index in [1.54, 1.807) is 4.90 Å². The lowest BCUT2D eigenvalue weighted by molar-refractivity contribution is -0.0281. The van der Waals surface area contributed by atoms with Crippen LogP contribution in [0, 0.1) is 5.41 Å². The van der Waals surface area contributed by atoms with Gasteiger partial charge in [0, 0.05) is 32.6 Å². The number of thioether (sulfide) groups is 1. The van der Waals surface area contributed by atoms with Crippen molar-refractivity contribution >= 4 is 17.8 Å². The number of piperidine rings is 1. The predicted octanol–water partition coefficient (Wildman–Crippen LogP) is 1.77. The topological polar surface area (TPSA) is 26.8 Å². The van der Waals surface area contributed by atoms with E-state index in [1.165, 1.54) is 25.9 Å². The van der Waals surface area contributed by atoms with Gasteiger partial charge in [0.15, 0.2) is 0 Å². The normalized spacial score (nSPS) is 24.8. The number of likely N-dealkylation sites (tertiary alicyclic amines) is 2. The van der Waals surface area contributed by atoms with E-state index in [0.717, 1.165) is 13.1 Å². The third-order valence-corrected chi connectivity index (χ3v) is 5.40. The van der Waals surface area contributed by atoms with Gasteiger partial charge in [0.1, 0.15) is 0 Å². The van der Waals surface area contributed by atoms with Gasteiger partial charge in [-0.25, -0.2) is 4.79 Å². The molecule has 5 heteroatoms. The molecule has 1 spiro atoms. The molecule has 104 valence electrons. The Morgan fingerprint density at radius 2 is 1.83 bits per heavy atom. The Labute approximate surface area is 115 Å². The molecule has 2 aliphatic heterocycles. The molecule has 0 aliphatic carbocycles. The molecule has 2 amide bonds. The summed E-state index contributed by atoms with van der Waals surface area (Å²) in [5, 5.41) is 0.627. The lowest BCUT2D eigenvalue weighted by Crippen LogP contribution is -2.63. The Bertz CT molecular complexity index is 305. The van der Waals surface area contributed by atoms with Crippen LogP contribution in [0.3, 0.4) is 0 Å². The maximum absolute atomic E-state index is 11.8. The molecule has 4 nitrogen and oxygen atoms in total. The lowest BCUT2D eigenvalue weighted by atomic mass is 9.72. The SMILES string of the molecule is CSC(C)N1CCC2(CC1)CN(C(=O)N(C)C)C2. The van der Waals surface area contributed by atoms with Crippen LogP contribution in [0.15, 0.2) is 0 Å². The summed E-state index contributed by atoms with van der Waals surface area (Å²) in [5.74, 6) is 0. The summed E-state index contributed by atoms with van der Waals surface area (Å²) in [6.07, 6.45) is 4.67. The summed E-state index contributed by atoms with van der Waals surface area (Å²) >= 11 is 1.92. The van der Waals surface area contributed by atoms with Gasteiger partial charge in [-0.2, -0.15) is 0 Å². The summed E-state index contributed by atoms with van der Waals surface area (Å²) < 4.78 is 0. The Morgan fingerprint density at radius 1 is 1.28 bits per heavy atom. The second kappa shape index (κ2) is 5.29. The molecule has 2 rings (SSSR count). The number of hydrogen-bond donors (Lipinski definition) is 0. The minimum Gasteiger partial charge on any atom is -0.331 e. The number of carbonyl (C=O) groups is 1. The molecule has 0 saturated carbocycles. The first-order valence-corrected chi connectivity index (χ1v) is 7.99. The molecule has 1 unspecified atom stereocenters. The van der Waals surface area contributed by atoms with E-state index >= 15 is 0 Å². The lowest BCUT2D eigenvalue weighted by Gasteiger charge is -2.54. The number of urea groups is 1. The Balaban J connectivity index is 1.80. The molecule has 2 heterocycles. The zero-order valence-electron chi connectivity index (χ0n) is 12.0. The van der Waals surface area contributed by atoms with Crippen LogP contribution in [0.4, 0.5) is 4.79 Å². The fourth-order valence-electron chi connectivity index (χ4n) is 3.01. The van der Waals surface area contributed by atoms with Crippen molar-refractivity contribution in [2.45, 2.75) is 25.1 Å². The third kappa shape index (κ3) is 2.62. The molecule has 0 aromatic carbocycles. The Morgan fingerprint density at radius 3 is 2.28 bits per heavy atom. The predicted molar refractivity (Wildman–Crippen MR) is 76.9 cm³/mol. The Hall–Kier alpha value is -0.420. The minimum absolute atomic E-state index is 0.167. The highest BCUT2D eigenvalue weighted by atomic mass is 32.2. The van der Waals surface area contributed by atoms with E-state index in [0.29, 0.717) is 10.8 Å². The molecule has 1 atom stereocenters. The first-order chi connectivity index (χ1) is 8.47. The van der Waals surface area contributed by atoms with Crippen molar-refractivity contribution in [2.24, 2.45) is 5.41 Å². The van der Waals surface area contributed by atoms with Crippen LogP contribution in [-0.4, -0.2) is 72.6 Å². The number of rotatable bonds is 2. The highest BCUT2D eigenvalue weighted by Gasteiger charge is 2.47. The molecule has 0 aromatic rings. The highest BCUT2D eigenvalue weighted by Crippen LogP contribution is 2.41. The van der Waals surface area contributed by atoms with Crippen LogP contribution in [0.1, 0.15) is 19.8 Å². The van der Waals surface area contributed by atoms with Crippen molar-refractivity contribution in [1.29, 1.82) is 0 Å². The van der Waals surface area contributed by atoms with Gasteiger partial charge in [-0.05, 0) is 39.1 Å². The smallest absolute Gasteiger partial charge is 0.319 e. The molecule has 0 radical (unpaired) electrons. The van der Waals surface area contributed by atoms with E-state index in [2.05, 4.69) is 18.1 Å².